The molecule has 0 bridgehead atoms. The van der Waals surface area contributed by atoms with Gasteiger partial charge in [-0.2, -0.15) is 4.73 Å². The van der Waals surface area contributed by atoms with E-state index in [1.807, 2.05) is 30.5 Å². The number of nitrogens with two attached hydrogens (primary N) is 2. The third-order valence-electron chi connectivity index (χ3n) is 3.92. The fraction of sp³-hybridized carbons (Fsp3) is 0.250. The van der Waals surface area contributed by atoms with Crippen molar-refractivity contribution in [2.75, 3.05) is 6.54 Å². The maximum atomic E-state index is 10.6. The average Bonchev–Trinajstić information content (AvgIpc) is 2.80. The smallest absolute Gasteiger partial charge is 0.338 e. The first-order valence-electron chi connectivity index (χ1n) is 7.52. The number of guanidine groups is 1. The highest BCUT2D eigenvalue weighted by Gasteiger charge is 2.18. The Kier molecular flexibility index (Phi) is 4.38. The lowest BCUT2D eigenvalue weighted by Gasteiger charge is -2.00. The van der Waals surface area contributed by atoms with Crippen molar-refractivity contribution in [2.24, 2.45) is 11.5 Å². The molecule has 2 heterocycles. The number of benzene rings is 1. The summed E-state index contributed by atoms with van der Waals surface area (Å²) in [6.07, 6.45) is 4.66. The van der Waals surface area contributed by atoms with Gasteiger partial charge in [0.25, 0.3) is 0 Å². The Balaban J connectivity index is 1.92. The number of hydrogen-bond acceptors (Lipinski definition) is 1. The first-order valence-corrected chi connectivity index (χ1v) is 8.31. The second kappa shape index (κ2) is 6.45. The van der Waals surface area contributed by atoms with E-state index in [1.165, 1.54) is 4.73 Å². The number of unbranched alkanes of at least 4 members (excludes halogenated alkanes) is 1. The van der Waals surface area contributed by atoms with Gasteiger partial charge in [0.15, 0.2) is 11.7 Å². The molecule has 0 radical (unpaired) electrons. The Morgan fingerprint density at radius 3 is 2.83 bits per heavy atom. The summed E-state index contributed by atoms with van der Waals surface area (Å²) >= 11 is 3.45. The summed E-state index contributed by atoms with van der Waals surface area (Å²) in [5, 5.41) is 12.6. The van der Waals surface area contributed by atoms with E-state index in [2.05, 4.69) is 25.9 Å². The Hall–Kier alpha value is -2.28. The van der Waals surface area contributed by atoms with Gasteiger partial charge in [0.2, 0.25) is 5.69 Å². The molecule has 0 atom stereocenters. The van der Waals surface area contributed by atoms with Crippen LogP contribution in [0.5, 0.6) is 0 Å². The van der Waals surface area contributed by atoms with Gasteiger partial charge in [-0.05, 0) is 25.0 Å². The molecule has 120 valence electrons. The summed E-state index contributed by atoms with van der Waals surface area (Å²) in [7, 11) is 0. The van der Waals surface area contributed by atoms with Crippen LogP contribution in [-0.2, 0) is 6.42 Å². The third kappa shape index (κ3) is 3.10. The van der Waals surface area contributed by atoms with Crippen molar-refractivity contribution in [1.82, 2.24) is 4.73 Å². The molecule has 2 aromatic heterocycles. The van der Waals surface area contributed by atoms with Crippen LogP contribution in [-0.4, -0.2) is 22.4 Å². The van der Waals surface area contributed by atoms with Crippen LogP contribution in [0.2, 0.25) is 0 Å². The van der Waals surface area contributed by atoms with E-state index in [0.717, 1.165) is 57.8 Å². The van der Waals surface area contributed by atoms with Crippen LogP contribution in [0, 0.1) is 0 Å². The minimum Gasteiger partial charge on any atom is -0.428 e. The monoisotopic (exact) mass is 377 g/mol. The van der Waals surface area contributed by atoms with Gasteiger partial charge >= 0.3 is 5.96 Å². The summed E-state index contributed by atoms with van der Waals surface area (Å²) in [5.41, 5.74) is 13.4. The molecule has 0 aliphatic heterocycles. The van der Waals surface area contributed by atoms with E-state index >= 15 is 0 Å². The highest BCUT2D eigenvalue weighted by Crippen LogP contribution is 2.30. The largest absolute Gasteiger partial charge is 0.428 e. The topological polar surface area (TPSA) is 105 Å². The van der Waals surface area contributed by atoms with Crippen LogP contribution in [0.4, 0.5) is 0 Å². The van der Waals surface area contributed by atoms with Crippen LogP contribution < -0.4 is 21.4 Å². The van der Waals surface area contributed by atoms with Crippen LogP contribution in [0.3, 0.4) is 0 Å². The van der Waals surface area contributed by atoms with E-state index in [4.69, 9.17) is 11.5 Å². The van der Waals surface area contributed by atoms with Gasteiger partial charge in [0.05, 0.1) is 12.1 Å². The van der Waals surface area contributed by atoms with E-state index < -0.39 is 0 Å². The van der Waals surface area contributed by atoms with Gasteiger partial charge in [-0.25, -0.2) is 4.98 Å². The predicted molar refractivity (Wildman–Crippen MR) is 93.0 cm³/mol. The molecule has 0 aliphatic carbocycles. The maximum Gasteiger partial charge on any atom is 0.338 e. The molecule has 7 N–H and O–H groups in total. The van der Waals surface area contributed by atoms with Gasteiger partial charge in [-0.1, -0.05) is 22.0 Å². The van der Waals surface area contributed by atoms with E-state index in [-0.39, 0.29) is 5.96 Å². The standard InChI is InChI=1S/C16H18BrN5O/c17-10-4-5-11-12-6-8-20-13(3-1-2-7-21-16(18)19)15(12)22(23)14(11)9-10/h4-6,8-9,23H,1-3,7H2,(H4,18,19,21)/p+2. The average molecular weight is 378 g/mol. The van der Waals surface area contributed by atoms with Crippen molar-refractivity contribution >= 4 is 43.7 Å². The summed E-state index contributed by atoms with van der Waals surface area (Å²) in [6.45, 7) is 0.743. The third-order valence-corrected chi connectivity index (χ3v) is 4.41. The van der Waals surface area contributed by atoms with Crippen molar-refractivity contribution in [2.45, 2.75) is 19.3 Å². The number of hydrogen-bond donors (Lipinski definition) is 4. The molecule has 0 fully saturated rings. The van der Waals surface area contributed by atoms with Crippen molar-refractivity contribution in [3.8, 4) is 0 Å². The van der Waals surface area contributed by atoms with E-state index in [1.54, 1.807) is 0 Å². The molecule has 3 rings (SSSR count). The predicted octanol–water partition coefficient (Wildman–Crippen LogP) is 0.285. The molecule has 3 aromatic rings. The van der Waals surface area contributed by atoms with Gasteiger partial charge < -0.3 is 5.21 Å². The van der Waals surface area contributed by atoms with Crippen molar-refractivity contribution < 1.29 is 15.2 Å². The fourth-order valence-electron chi connectivity index (χ4n) is 2.87. The number of rotatable bonds is 5. The number of halogens is 1. The van der Waals surface area contributed by atoms with Crippen molar-refractivity contribution in [1.29, 1.82) is 0 Å². The summed E-state index contributed by atoms with van der Waals surface area (Å²) < 4.78 is 2.21. The lowest BCUT2D eigenvalue weighted by molar-refractivity contribution is -0.459. The SMILES string of the molecule is NC(N)=[NH+]CCCCc1[nH+]ccc2c3ccc(Br)cc3n(O)c12. The first-order chi connectivity index (χ1) is 11.1. The molecule has 1 aromatic carbocycles. The number of H-pyrrole nitrogens is 1. The molecular formula is C16H20BrN5O+2. The van der Waals surface area contributed by atoms with Gasteiger partial charge in [0.1, 0.15) is 0 Å². The summed E-state index contributed by atoms with van der Waals surface area (Å²) in [6, 6.07) is 7.91. The highest BCUT2D eigenvalue weighted by atomic mass is 79.9. The molecule has 0 saturated carbocycles. The minimum absolute atomic E-state index is 0.250. The Bertz CT molecular complexity index is 883. The van der Waals surface area contributed by atoms with Crippen LogP contribution >= 0.6 is 15.9 Å². The van der Waals surface area contributed by atoms with Gasteiger partial charge in [-0.15, -0.1) is 0 Å². The van der Waals surface area contributed by atoms with E-state index in [0.29, 0.717) is 0 Å². The Labute approximate surface area is 141 Å². The van der Waals surface area contributed by atoms with Crippen LogP contribution in [0.15, 0.2) is 34.9 Å². The Morgan fingerprint density at radius 1 is 1.22 bits per heavy atom. The van der Waals surface area contributed by atoms with Gasteiger partial charge in [-0.3, -0.25) is 16.5 Å². The number of aryl methyl sites for hydroxylation is 1. The van der Waals surface area contributed by atoms with Crippen LogP contribution in [0.1, 0.15) is 18.5 Å². The molecule has 0 spiro atoms. The quantitative estimate of drug-likeness (QED) is 0.222. The van der Waals surface area contributed by atoms with Crippen molar-refractivity contribution in [3.05, 3.63) is 40.6 Å². The summed E-state index contributed by atoms with van der Waals surface area (Å²) in [4.78, 5) is 6.17. The number of nitrogens with zero attached hydrogens (tertiary/aromatic N) is 1. The number of nitrogens with one attached hydrogen (secondary N) is 2. The maximum absolute atomic E-state index is 10.6. The highest BCUT2D eigenvalue weighted by molar-refractivity contribution is 9.10. The fourth-order valence-corrected chi connectivity index (χ4v) is 3.22. The molecule has 0 aliphatic rings. The minimum atomic E-state index is 0.250. The second-order valence-corrected chi connectivity index (χ2v) is 6.45. The van der Waals surface area contributed by atoms with Crippen molar-refractivity contribution in [3.63, 3.8) is 0 Å². The molecule has 0 amide bonds. The zero-order chi connectivity index (χ0) is 16.4. The molecule has 23 heavy (non-hydrogen) atoms. The zero-order valence-electron chi connectivity index (χ0n) is 12.6. The molecular weight excluding hydrogens is 358 g/mol. The number of pyridine rings is 1. The lowest BCUT2D eigenvalue weighted by atomic mass is 10.1. The molecule has 7 heteroatoms. The number of fused-ring (bicyclic) bond motifs is 3. The second-order valence-electron chi connectivity index (χ2n) is 5.53. The summed E-state index contributed by atoms with van der Waals surface area (Å²) in [5.74, 6) is 0.250. The van der Waals surface area contributed by atoms with Gasteiger partial charge in [0, 0.05) is 27.7 Å². The van der Waals surface area contributed by atoms with E-state index in [9.17, 15) is 5.21 Å². The zero-order valence-corrected chi connectivity index (χ0v) is 14.2. The molecule has 6 nitrogen and oxygen atoms in total. The Morgan fingerprint density at radius 2 is 2.04 bits per heavy atom. The number of aromatic amines is 1. The molecule has 0 unspecified atom stereocenters. The number of aromatic nitrogens is 2. The van der Waals surface area contributed by atoms with Crippen LogP contribution in [0.25, 0.3) is 21.8 Å². The molecule has 0 saturated heterocycles. The first kappa shape index (κ1) is 15.6. The normalized spacial score (nSPS) is 11.2. The lowest BCUT2D eigenvalue weighted by Crippen LogP contribution is -2.78.